The van der Waals surface area contributed by atoms with Crippen LogP contribution in [0.4, 0.5) is 0 Å². The molecule has 0 saturated heterocycles. The van der Waals surface area contributed by atoms with Gasteiger partial charge in [0, 0.05) is 12.7 Å². The van der Waals surface area contributed by atoms with Gasteiger partial charge in [0.05, 0.1) is 20.4 Å². The molecule has 108 valence electrons. The molecule has 3 aromatic rings. The van der Waals surface area contributed by atoms with Crippen molar-refractivity contribution in [2.75, 3.05) is 0 Å². The monoisotopic (exact) mass is 364 g/mol. The first-order valence-electron chi connectivity index (χ1n) is 6.83. The molecular weight excluding hydrogens is 352 g/mol. The summed E-state index contributed by atoms with van der Waals surface area (Å²) < 4.78 is 8.70. The van der Waals surface area contributed by atoms with Crippen LogP contribution in [0.1, 0.15) is 17.7 Å². The van der Waals surface area contributed by atoms with E-state index in [2.05, 4.69) is 31.2 Å². The molecule has 7 heteroatoms. The molecule has 0 N–H and O–H groups in total. The third-order valence-electron chi connectivity index (χ3n) is 3.57. The van der Waals surface area contributed by atoms with Gasteiger partial charge in [0.2, 0.25) is 0 Å². The Morgan fingerprint density at radius 3 is 3.05 bits per heavy atom. The first kappa shape index (κ1) is 13.2. The number of fused-ring (bicyclic) bond motifs is 1. The highest BCUT2D eigenvalue weighted by atomic mass is 79.9. The van der Waals surface area contributed by atoms with E-state index >= 15 is 0 Å². The van der Waals surface area contributed by atoms with Crippen LogP contribution in [0.3, 0.4) is 0 Å². The van der Waals surface area contributed by atoms with Gasteiger partial charge in [-0.25, -0.2) is 4.68 Å². The minimum atomic E-state index is 0.519. The summed E-state index contributed by atoms with van der Waals surface area (Å²) in [5.74, 6) is 1.56. The minimum Gasteiger partial charge on any atom is -0.487 e. The summed E-state index contributed by atoms with van der Waals surface area (Å²) in [4.78, 5) is 5.14. The molecule has 2 heterocycles. The fourth-order valence-electron chi connectivity index (χ4n) is 2.24. The molecule has 0 atom stereocenters. The van der Waals surface area contributed by atoms with Crippen LogP contribution in [-0.2, 0) is 13.2 Å². The number of ether oxygens (including phenoxy) is 1. The largest absolute Gasteiger partial charge is 0.487 e. The average molecular weight is 365 g/mol. The lowest BCUT2D eigenvalue weighted by Crippen LogP contribution is -2.01. The molecule has 0 spiro atoms. The highest BCUT2D eigenvalue weighted by molar-refractivity contribution is 9.10. The van der Waals surface area contributed by atoms with Gasteiger partial charge in [0.1, 0.15) is 17.9 Å². The first-order chi connectivity index (χ1) is 10.3. The molecule has 5 nitrogen and oxygen atoms in total. The van der Waals surface area contributed by atoms with E-state index in [-0.39, 0.29) is 0 Å². The quantitative estimate of drug-likeness (QED) is 0.693. The molecule has 0 amide bonds. The Morgan fingerprint density at radius 2 is 2.29 bits per heavy atom. The van der Waals surface area contributed by atoms with Crippen molar-refractivity contribution in [2.24, 2.45) is 5.92 Å². The predicted molar refractivity (Wildman–Crippen MR) is 84.4 cm³/mol. The van der Waals surface area contributed by atoms with Crippen LogP contribution < -0.4 is 4.74 Å². The van der Waals surface area contributed by atoms with E-state index in [1.807, 2.05) is 23.0 Å². The van der Waals surface area contributed by atoms with Gasteiger partial charge in [-0.2, -0.15) is 0 Å². The summed E-state index contributed by atoms with van der Waals surface area (Å²) in [5, 5.41) is 8.54. The number of aromatic nitrogens is 4. The average Bonchev–Trinajstić information content (AvgIpc) is 2.99. The van der Waals surface area contributed by atoms with Gasteiger partial charge in [-0.3, -0.25) is 4.98 Å². The number of benzene rings is 1. The highest BCUT2D eigenvalue weighted by Gasteiger charge is 2.23. The Morgan fingerprint density at radius 1 is 1.38 bits per heavy atom. The Kier molecular flexibility index (Phi) is 3.39. The second-order valence-electron chi connectivity index (χ2n) is 5.22. The molecule has 21 heavy (non-hydrogen) atoms. The van der Waals surface area contributed by atoms with Crippen molar-refractivity contribution < 1.29 is 4.74 Å². The molecule has 2 aromatic heterocycles. The summed E-state index contributed by atoms with van der Waals surface area (Å²) in [6, 6.07) is 4.00. The standard InChI is InChI=1S/C14H13BrN4OS/c15-13-12(20-7-10-5-16-8-21-10)4-3-11-14(13)17-18-19(11)6-9-1-2-9/h3-5,8-9H,1-2,6-7H2. The van der Waals surface area contributed by atoms with Crippen LogP contribution in [0.5, 0.6) is 5.75 Å². The smallest absolute Gasteiger partial charge is 0.136 e. The Hall–Kier alpha value is -1.47. The fourth-order valence-corrected chi connectivity index (χ4v) is 3.27. The van der Waals surface area contributed by atoms with Crippen molar-refractivity contribution in [3.8, 4) is 5.75 Å². The second-order valence-corrected chi connectivity index (χ2v) is 6.98. The normalized spacial score (nSPS) is 14.7. The molecular formula is C14H13BrN4OS. The van der Waals surface area contributed by atoms with Gasteiger partial charge in [0.15, 0.2) is 0 Å². The number of nitrogens with zero attached hydrogens (tertiary/aromatic N) is 4. The summed E-state index contributed by atoms with van der Waals surface area (Å²) in [5.41, 5.74) is 3.72. The minimum absolute atomic E-state index is 0.519. The van der Waals surface area contributed by atoms with Gasteiger partial charge in [0.25, 0.3) is 0 Å². The molecule has 0 radical (unpaired) electrons. The molecule has 0 aliphatic heterocycles. The van der Waals surface area contributed by atoms with Gasteiger partial charge in [-0.05, 0) is 46.8 Å². The number of halogens is 1. The third-order valence-corrected chi connectivity index (χ3v) is 5.09. The molecule has 1 fully saturated rings. The first-order valence-corrected chi connectivity index (χ1v) is 8.50. The van der Waals surface area contributed by atoms with Crippen molar-refractivity contribution in [3.63, 3.8) is 0 Å². The van der Waals surface area contributed by atoms with Crippen molar-refractivity contribution in [1.29, 1.82) is 0 Å². The van der Waals surface area contributed by atoms with E-state index in [0.29, 0.717) is 6.61 Å². The summed E-state index contributed by atoms with van der Waals surface area (Å²) >= 11 is 5.17. The van der Waals surface area contributed by atoms with Crippen molar-refractivity contribution in [1.82, 2.24) is 20.0 Å². The number of thiazole rings is 1. The van der Waals surface area contributed by atoms with Gasteiger partial charge < -0.3 is 4.74 Å². The van der Waals surface area contributed by atoms with E-state index in [9.17, 15) is 0 Å². The second kappa shape index (κ2) is 5.38. The highest BCUT2D eigenvalue weighted by Crippen LogP contribution is 2.35. The Labute approximate surface area is 134 Å². The lowest BCUT2D eigenvalue weighted by Gasteiger charge is -2.07. The fraction of sp³-hybridized carbons (Fsp3) is 0.357. The van der Waals surface area contributed by atoms with E-state index in [1.54, 1.807) is 16.8 Å². The SMILES string of the molecule is Brc1c(OCc2cncs2)ccc2c1nnn2CC1CC1. The number of rotatable bonds is 5. The molecule has 0 unspecified atom stereocenters. The van der Waals surface area contributed by atoms with Gasteiger partial charge in [-0.1, -0.05) is 5.21 Å². The molecule has 1 aromatic carbocycles. The summed E-state index contributed by atoms with van der Waals surface area (Å²) in [7, 11) is 0. The Balaban J connectivity index is 1.60. The molecule has 1 aliphatic rings. The molecule has 4 rings (SSSR count). The maximum Gasteiger partial charge on any atom is 0.136 e. The lowest BCUT2D eigenvalue weighted by atomic mass is 10.3. The molecule has 1 aliphatic carbocycles. The molecule has 0 bridgehead atoms. The zero-order valence-corrected chi connectivity index (χ0v) is 13.6. The Bertz CT molecular complexity index is 767. The third kappa shape index (κ3) is 2.67. The zero-order valence-electron chi connectivity index (χ0n) is 11.2. The summed E-state index contributed by atoms with van der Waals surface area (Å²) in [6.07, 6.45) is 4.43. The number of hydrogen-bond donors (Lipinski definition) is 0. The van der Waals surface area contributed by atoms with Crippen LogP contribution in [0.2, 0.25) is 0 Å². The van der Waals surface area contributed by atoms with Gasteiger partial charge >= 0.3 is 0 Å². The maximum absolute atomic E-state index is 5.84. The van der Waals surface area contributed by atoms with Crippen LogP contribution in [-0.4, -0.2) is 20.0 Å². The maximum atomic E-state index is 5.84. The topological polar surface area (TPSA) is 52.8 Å². The zero-order chi connectivity index (χ0) is 14.2. The lowest BCUT2D eigenvalue weighted by molar-refractivity contribution is 0.308. The molecule has 1 saturated carbocycles. The van der Waals surface area contributed by atoms with Crippen molar-refractivity contribution in [2.45, 2.75) is 26.0 Å². The summed E-state index contributed by atoms with van der Waals surface area (Å²) in [6.45, 7) is 1.48. The van der Waals surface area contributed by atoms with Crippen molar-refractivity contribution >= 4 is 38.3 Å². The van der Waals surface area contributed by atoms with Crippen LogP contribution in [0.25, 0.3) is 11.0 Å². The van der Waals surface area contributed by atoms with Crippen LogP contribution >= 0.6 is 27.3 Å². The van der Waals surface area contributed by atoms with E-state index in [1.165, 1.54) is 12.8 Å². The van der Waals surface area contributed by atoms with Crippen molar-refractivity contribution in [3.05, 3.63) is 33.2 Å². The van der Waals surface area contributed by atoms with E-state index in [4.69, 9.17) is 4.74 Å². The van der Waals surface area contributed by atoms with Gasteiger partial charge in [-0.15, -0.1) is 16.4 Å². The van der Waals surface area contributed by atoms with E-state index in [0.717, 1.165) is 38.6 Å². The number of hydrogen-bond acceptors (Lipinski definition) is 5. The van der Waals surface area contributed by atoms with Crippen LogP contribution in [0, 0.1) is 5.92 Å². The van der Waals surface area contributed by atoms with E-state index < -0.39 is 0 Å². The van der Waals surface area contributed by atoms with Crippen LogP contribution in [0.15, 0.2) is 28.3 Å². The predicted octanol–water partition coefficient (Wildman–Crippen LogP) is 3.64.